The number of carboxylic acid groups (broad SMARTS) is 1. The summed E-state index contributed by atoms with van der Waals surface area (Å²) in [4.78, 5) is 25.6. The minimum Gasteiger partial charge on any atom is -0.481 e. The molecule has 21 heavy (non-hydrogen) atoms. The molecule has 1 rings (SSSR count). The molecule has 0 atom stereocenters. The number of piperidine rings is 1. The second-order valence-corrected chi connectivity index (χ2v) is 6.19. The fraction of sp³-hybridized carbons (Fsp3) is 0.875. The summed E-state index contributed by atoms with van der Waals surface area (Å²) in [5.41, 5.74) is -0.572. The Labute approximate surface area is 128 Å². The van der Waals surface area contributed by atoms with Crippen LogP contribution in [0.1, 0.15) is 59.3 Å². The molecule has 0 aromatic carbocycles. The van der Waals surface area contributed by atoms with Gasteiger partial charge < -0.3 is 10.4 Å². The first-order chi connectivity index (χ1) is 9.97. The number of amides is 1. The maximum absolute atomic E-state index is 12.0. The van der Waals surface area contributed by atoms with Crippen molar-refractivity contribution < 1.29 is 14.7 Å². The molecule has 0 spiro atoms. The van der Waals surface area contributed by atoms with Crippen molar-refractivity contribution in [2.24, 2.45) is 5.41 Å². The van der Waals surface area contributed by atoms with E-state index in [1.54, 1.807) is 0 Å². The van der Waals surface area contributed by atoms with Crippen LogP contribution in [0, 0.1) is 5.41 Å². The van der Waals surface area contributed by atoms with Crippen LogP contribution in [0.4, 0.5) is 0 Å². The number of hydrogen-bond acceptors (Lipinski definition) is 3. The quantitative estimate of drug-likeness (QED) is 0.721. The second-order valence-electron chi connectivity index (χ2n) is 6.19. The second kappa shape index (κ2) is 8.37. The van der Waals surface area contributed by atoms with Gasteiger partial charge in [-0.3, -0.25) is 14.5 Å². The highest BCUT2D eigenvalue weighted by Crippen LogP contribution is 2.36. The predicted molar refractivity (Wildman–Crippen MR) is 83.2 cm³/mol. The maximum atomic E-state index is 12.0. The number of nitrogens with one attached hydrogen (secondary N) is 1. The first-order valence-electron chi connectivity index (χ1n) is 8.22. The first kappa shape index (κ1) is 18.0. The van der Waals surface area contributed by atoms with Crippen molar-refractivity contribution in [2.45, 2.75) is 65.3 Å². The average Bonchev–Trinajstić information content (AvgIpc) is 2.47. The van der Waals surface area contributed by atoms with Crippen LogP contribution in [0.25, 0.3) is 0 Å². The van der Waals surface area contributed by atoms with E-state index >= 15 is 0 Å². The first-order valence-corrected chi connectivity index (χ1v) is 8.22. The molecule has 0 saturated carbocycles. The van der Waals surface area contributed by atoms with Gasteiger partial charge in [-0.15, -0.1) is 0 Å². The average molecular weight is 298 g/mol. The van der Waals surface area contributed by atoms with Gasteiger partial charge in [0.25, 0.3) is 0 Å². The van der Waals surface area contributed by atoms with Gasteiger partial charge in [0, 0.05) is 6.04 Å². The Hall–Kier alpha value is -1.10. The monoisotopic (exact) mass is 298 g/mol. The Morgan fingerprint density at radius 3 is 2.19 bits per heavy atom. The zero-order chi connectivity index (χ0) is 15.9. The number of aliphatic carboxylic acids is 1. The molecule has 1 amide bonds. The fourth-order valence-electron chi connectivity index (χ4n) is 3.16. The minimum atomic E-state index is -0.675. The molecule has 1 aliphatic rings. The van der Waals surface area contributed by atoms with Gasteiger partial charge in [-0.1, -0.05) is 27.2 Å². The van der Waals surface area contributed by atoms with Crippen LogP contribution >= 0.6 is 0 Å². The van der Waals surface area contributed by atoms with Gasteiger partial charge in [0.1, 0.15) is 0 Å². The lowest BCUT2D eigenvalue weighted by Crippen LogP contribution is -2.48. The summed E-state index contributed by atoms with van der Waals surface area (Å²) in [6.07, 6.45) is 4.81. The van der Waals surface area contributed by atoms with E-state index in [0.717, 1.165) is 25.7 Å². The van der Waals surface area contributed by atoms with E-state index < -0.39 is 11.4 Å². The molecule has 2 N–H and O–H groups in total. The van der Waals surface area contributed by atoms with Gasteiger partial charge in [0.05, 0.1) is 12.0 Å². The van der Waals surface area contributed by atoms with Crippen molar-refractivity contribution in [2.75, 3.05) is 19.6 Å². The van der Waals surface area contributed by atoms with Crippen LogP contribution in [0.3, 0.4) is 0 Å². The van der Waals surface area contributed by atoms with Crippen molar-refractivity contribution in [3.63, 3.8) is 0 Å². The normalized spacial score (nSPS) is 18.7. The van der Waals surface area contributed by atoms with Crippen molar-refractivity contribution in [3.05, 3.63) is 0 Å². The van der Waals surface area contributed by atoms with Crippen molar-refractivity contribution >= 4 is 11.9 Å². The molecule has 5 heteroatoms. The van der Waals surface area contributed by atoms with Gasteiger partial charge in [0.2, 0.25) is 5.91 Å². The zero-order valence-electron chi connectivity index (χ0n) is 13.7. The number of hydrogen-bond donors (Lipinski definition) is 2. The zero-order valence-corrected chi connectivity index (χ0v) is 13.7. The van der Waals surface area contributed by atoms with Crippen LogP contribution < -0.4 is 5.32 Å². The molecular formula is C16H30N2O3. The molecule has 1 saturated heterocycles. The molecule has 1 heterocycles. The van der Waals surface area contributed by atoms with E-state index in [0.29, 0.717) is 32.5 Å². The third-order valence-electron chi connectivity index (χ3n) is 4.71. The fourth-order valence-corrected chi connectivity index (χ4v) is 3.16. The standard InChI is InChI=1S/C16H30N2O3/c1-4-7-16(15(20)21)8-10-18(11-9-16)12-14(19)17-13(5-2)6-3/h13H,4-12H2,1-3H3,(H,17,19)(H,20,21). The highest BCUT2D eigenvalue weighted by molar-refractivity contribution is 5.78. The summed E-state index contributed by atoms with van der Waals surface area (Å²) in [7, 11) is 0. The Morgan fingerprint density at radius 1 is 1.19 bits per heavy atom. The Bertz CT molecular complexity index is 345. The van der Waals surface area contributed by atoms with Crippen LogP contribution in [0.5, 0.6) is 0 Å². The lowest BCUT2D eigenvalue weighted by atomic mass is 9.75. The van der Waals surface area contributed by atoms with E-state index in [-0.39, 0.29) is 11.9 Å². The van der Waals surface area contributed by atoms with Crippen LogP contribution in [0.15, 0.2) is 0 Å². The maximum Gasteiger partial charge on any atom is 0.309 e. The molecule has 5 nitrogen and oxygen atoms in total. The van der Waals surface area contributed by atoms with E-state index in [2.05, 4.69) is 24.1 Å². The molecule has 0 aromatic rings. The lowest BCUT2D eigenvalue weighted by Gasteiger charge is -2.38. The Balaban J connectivity index is 2.45. The van der Waals surface area contributed by atoms with Crippen LogP contribution in [-0.2, 0) is 9.59 Å². The molecule has 0 aliphatic carbocycles. The number of likely N-dealkylation sites (tertiary alicyclic amines) is 1. The number of carbonyl (C=O) groups is 2. The van der Waals surface area contributed by atoms with Gasteiger partial charge in [-0.25, -0.2) is 0 Å². The van der Waals surface area contributed by atoms with Crippen molar-refractivity contribution in [1.82, 2.24) is 10.2 Å². The van der Waals surface area contributed by atoms with Crippen LogP contribution in [0.2, 0.25) is 0 Å². The molecule has 0 radical (unpaired) electrons. The summed E-state index contributed by atoms with van der Waals surface area (Å²) >= 11 is 0. The van der Waals surface area contributed by atoms with Crippen molar-refractivity contribution in [3.8, 4) is 0 Å². The molecule has 122 valence electrons. The largest absolute Gasteiger partial charge is 0.481 e. The third kappa shape index (κ3) is 4.99. The Kier molecular flexibility index (Phi) is 7.15. The SMILES string of the molecule is CCCC1(C(=O)O)CCN(CC(=O)NC(CC)CC)CC1. The van der Waals surface area contributed by atoms with Gasteiger partial charge in [-0.05, 0) is 45.2 Å². The van der Waals surface area contributed by atoms with Gasteiger partial charge in [-0.2, -0.15) is 0 Å². The van der Waals surface area contributed by atoms with E-state index in [4.69, 9.17) is 0 Å². The lowest BCUT2D eigenvalue weighted by molar-refractivity contribution is -0.152. The Morgan fingerprint density at radius 2 is 1.76 bits per heavy atom. The number of nitrogens with zero attached hydrogens (tertiary/aromatic N) is 1. The molecular weight excluding hydrogens is 268 g/mol. The molecule has 1 aliphatic heterocycles. The van der Waals surface area contributed by atoms with Gasteiger partial charge >= 0.3 is 5.97 Å². The summed E-state index contributed by atoms with van der Waals surface area (Å²) in [5.74, 6) is -0.618. The minimum absolute atomic E-state index is 0.0574. The smallest absolute Gasteiger partial charge is 0.309 e. The summed E-state index contributed by atoms with van der Waals surface area (Å²) in [6, 6.07) is 0.250. The van der Waals surface area contributed by atoms with Crippen molar-refractivity contribution in [1.29, 1.82) is 0 Å². The summed E-state index contributed by atoms with van der Waals surface area (Å²) in [5, 5.41) is 12.5. The van der Waals surface area contributed by atoms with Crippen LogP contribution in [-0.4, -0.2) is 47.6 Å². The van der Waals surface area contributed by atoms with E-state index in [9.17, 15) is 14.7 Å². The molecule has 0 aromatic heterocycles. The molecule has 1 fully saturated rings. The highest BCUT2D eigenvalue weighted by atomic mass is 16.4. The predicted octanol–water partition coefficient (Wildman–Crippen LogP) is 2.26. The number of carboxylic acids is 1. The number of carbonyl (C=O) groups excluding carboxylic acids is 1. The highest BCUT2D eigenvalue weighted by Gasteiger charge is 2.40. The van der Waals surface area contributed by atoms with E-state index in [1.165, 1.54) is 0 Å². The number of rotatable bonds is 8. The van der Waals surface area contributed by atoms with E-state index in [1.807, 2.05) is 6.92 Å². The van der Waals surface area contributed by atoms with Gasteiger partial charge in [0.15, 0.2) is 0 Å². The third-order valence-corrected chi connectivity index (χ3v) is 4.71. The topological polar surface area (TPSA) is 69.6 Å². The molecule has 0 unspecified atom stereocenters. The summed E-state index contributed by atoms with van der Waals surface area (Å²) < 4.78 is 0. The molecule has 0 bridgehead atoms. The summed E-state index contributed by atoms with van der Waals surface area (Å²) in [6.45, 7) is 7.95.